The Hall–Kier alpha value is -2.21. The van der Waals surface area contributed by atoms with Gasteiger partial charge in [0.15, 0.2) is 0 Å². The lowest BCUT2D eigenvalue weighted by molar-refractivity contribution is -0.132. The highest BCUT2D eigenvalue weighted by atomic mass is 16.2. The van der Waals surface area contributed by atoms with E-state index in [1.165, 1.54) is 0 Å². The number of nitrogens with two attached hydrogens (primary N) is 1. The number of rotatable bonds is 4. The van der Waals surface area contributed by atoms with Crippen molar-refractivity contribution in [3.05, 3.63) is 47.5 Å². The van der Waals surface area contributed by atoms with E-state index in [4.69, 9.17) is 5.73 Å². The SMILES string of the molecule is Cc1cccc(CN(C)C(=O)C(N)c2cnn(C)c2)n1. The number of nitrogens with zero attached hydrogens (tertiary/aromatic N) is 4. The zero-order valence-corrected chi connectivity index (χ0v) is 11.9. The Morgan fingerprint density at radius 3 is 2.85 bits per heavy atom. The van der Waals surface area contributed by atoms with Crippen molar-refractivity contribution in [2.45, 2.75) is 19.5 Å². The van der Waals surface area contributed by atoms with Crippen LogP contribution in [0.3, 0.4) is 0 Å². The number of carbonyl (C=O) groups excluding carboxylic acids is 1. The van der Waals surface area contributed by atoms with Gasteiger partial charge in [-0.15, -0.1) is 0 Å². The lowest BCUT2D eigenvalue weighted by Gasteiger charge is -2.20. The second kappa shape index (κ2) is 5.83. The Balaban J connectivity index is 2.05. The van der Waals surface area contributed by atoms with Gasteiger partial charge in [-0.2, -0.15) is 5.10 Å². The Kier molecular flexibility index (Phi) is 4.14. The van der Waals surface area contributed by atoms with Gasteiger partial charge in [0.2, 0.25) is 5.91 Å². The largest absolute Gasteiger partial charge is 0.338 e. The van der Waals surface area contributed by atoms with Crippen LogP contribution in [-0.4, -0.2) is 32.6 Å². The fraction of sp³-hybridized carbons (Fsp3) is 0.357. The van der Waals surface area contributed by atoms with Gasteiger partial charge in [-0.3, -0.25) is 14.5 Å². The lowest BCUT2D eigenvalue weighted by atomic mass is 10.1. The molecule has 2 N–H and O–H groups in total. The highest BCUT2D eigenvalue weighted by molar-refractivity contribution is 5.82. The maximum atomic E-state index is 12.3. The summed E-state index contributed by atoms with van der Waals surface area (Å²) < 4.78 is 1.63. The van der Waals surface area contributed by atoms with Crippen molar-refractivity contribution in [1.29, 1.82) is 0 Å². The quantitative estimate of drug-likeness (QED) is 0.893. The minimum absolute atomic E-state index is 0.152. The fourth-order valence-electron chi connectivity index (χ4n) is 1.99. The van der Waals surface area contributed by atoms with Gasteiger partial charge in [0.05, 0.1) is 18.4 Å². The van der Waals surface area contributed by atoms with E-state index in [1.807, 2.05) is 25.1 Å². The molecule has 106 valence electrons. The fourth-order valence-corrected chi connectivity index (χ4v) is 1.99. The predicted molar refractivity (Wildman–Crippen MR) is 75.6 cm³/mol. The van der Waals surface area contributed by atoms with Crippen molar-refractivity contribution in [3.8, 4) is 0 Å². The molecule has 0 aromatic carbocycles. The summed E-state index contributed by atoms with van der Waals surface area (Å²) in [5.41, 5.74) is 8.46. The summed E-state index contributed by atoms with van der Waals surface area (Å²) in [6, 6.07) is 5.05. The third-order valence-corrected chi connectivity index (χ3v) is 3.07. The van der Waals surface area contributed by atoms with Crippen molar-refractivity contribution < 1.29 is 4.79 Å². The maximum absolute atomic E-state index is 12.3. The number of aromatic nitrogens is 3. The average molecular weight is 273 g/mol. The number of hydrogen-bond donors (Lipinski definition) is 1. The minimum atomic E-state index is -0.696. The van der Waals surface area contributed by atoms with Crippen LogP contribution in [0.5, 0.6) is 0 Å². The average Bonchev–Trinajstić information content (AvgIpc) is 2.83. The summed E-state index contributed by atoms with van der Waals surface area (Å²) in [6.45, 7) is 2.36. The third kappa shape index (κ3) is 3.21. The molecule has 0 saturated heterocycles. The molecule has 6 nitrogen and oxygen atoms in total. The van der Waals surface area contributed by atoms with E-state index in [-0.39, 0.29) is 5.91 Å². The molecule has 20 heavy (non-hydrogen) atoms. The number of carbonyl (C=O) groups is 1. The Labute approximate surface area is 118 Å². The van der Waals surface area contributed by atoms with Crippen LogP contribution in [-0.2, 0) is 18.4 Å². The first-order chi connectivity index (χ1) is 9.47. The van der Waals surface area contributed by atoms with E-state index in [1.54, 1.807) is 36.1 Å². The molecule has 1 atom stereocenters. The second-order valence-corrected chi connectivity index (χ2v) is 4.89. The number of hydrogen-bond acceptors (Lipinski definition) is 4. The van der Waals surface area contributed by atoms with Gasteiger partial charge in [0.25, 0.3) is 0 Å². The van der Waals surface area contributed by atoms with Crippen molar-refractivity contribution in [2.24, 2.45) is 12.8 Å². The molecule has 0 spiro atoms. The van der Waals surface area contributed by atoms with Crippen LogP contribution < -0.4 is 5.73 Å². The monoisotopic (exact) mass is 273 g/mol. The minimum Gasteiger partial charge on any atom is -0.338 e. The van der Waals surface area contributed by atoms with E-state index in [0.717, 1.165) is 11.4 Å². The van der Waals surface area contributed by atoms with Crippen LogP contribution in [0.15, 0.2) is 30.6 Å². The first kappa shape index (κ1) is 14.2. The molecule has 0 aliphatic heterocycles. The standard InChI is InChI=1S/C14H19N5O/c1-10-5-4-6-12(17-10)9-18(2)14(20)13(15)11-7-16-19(3)8-11/h4-8,13H,9,15H2,1-3H3. The lowest BCUT2D eigenvalue weighted by Crippen LogP contribution is -2.35. The van der Waals surface area contributed by atoms with E-state index in [0.29, 0.717) is 12.1 Å². The van der Waals surface area contributed by atoms with Crippen LogP contribution in [0.4, 0.5) is 0 Å². The molecule has 2 rings (SSSR count). The van der Waals surface area contributed by atoms with Crippen LogP contribution in [0.25, 0.3) is 0 Å². The first-order valence-electron chi connectivity index (χ1n) is 6.39. The molecule has 2 heterocycles. The van der Waals surface area contributed by atoms with Gasteiger partial charge in [-0.1, -0.05) is 6.07 Å². The molecule has 1 unspecified atom stereocenters. The zero-order valence-electron chi connectivity index (χ0n) is 11.9. The summed E-state index contributed by atoms with van der Waals surface area (Å²) in [4.78, 5) is 18.2. The Morgan fingerprint density at radius 1 is 1.50 bits per heavy atom. The van der Waals surface area contributed by atoms with Gasteiger partial charge in [0, 0.05) is 31.5 Å². The van der Waals surface area contributed by atoms with Crippen LogP contribution in [0.2, 0.25) is 0 Å². The third-order valence-electron chi connectivity index (χ3n) is 3.07. The molecule has 0 saturated carbocycles. The molecule has 1 amide bonds. The highest BCUT2D eigenvalue weighted by Gasteiger charge is 2.21. The molecule has 0 fully saturated rings. The van der Waals surface area contributed by atoms with Crippen molar-refractivity contribution >= 4 is 5.91 Å². The summed E-state index contributed by atoms with van der Waals surface area (Å²) >= 11 is 0. The van der Waals surface area contributed by atoms with Crippen LogP contribution >= 0.6 is 0 Å². The Bertz CT molecular complexity index is 607. The van der Waals surface area contributed by atoms with Crippen molar-refractivity contribution in [1.82, 2.24) is 19.7 Å². The molecule has 6 heteroatoms. The highest BCUT2D eigenvalue weighted by Crippen LogP contribution is 2.13. The van der Waals surface area contributed by atoms with Gasteiger partial charge in [-0.05, 0) is 19.1 Å². The topological polar surface area (TPSA) is 77.0 Å². The molecule has 2 aromatic heterocycles. The molecule has 2 aromatic rings. The summed E-state index contributed by atoms with van der Waals surface area (Å²) in [6.07, 6.45) is 3.36. The number of likely N-dealkylation sites (N-methyl/N-ethyl adjacent to an activating group) is 1. The summed E-state index contributed by atoms with van der Waals surface area (Å²) in [7, 11) is 3.52. The zero-order chi connectivity index (χ0) is 14.7. The smallest absolute Gasteiger partial charge is 0.244 e. The molecular formula is C14H19N5O. The maximum Gasteiger partial charge on any atom is 0.244 e. The summed E-state index contributed by atoms with van der Waals surface area (Å²) in [5, 5.41) is 4.03. The van der Waals surface area contributed by atoms with E-state index < -0.39 is 6.04 Å². The number of pyridine rings is 1. The van der Waals surface area contributed by atoms with E-state index in [2.05, 4.69) is 10.1 Å². The van der Waals surface area contributed by atoms with Gasteiger partial charge in [-0.25, -0.2) is 0 Å². The predicted octanol–water partition coefficient (Wildman–Crippen LogP) is 0.782. The normalized spacial score (nSPS) is 12.2. The number of aryl methyl sites for hydroxylation is 2. The molecule has 0 aliphatic carbocycles. The second-order valence-electron chi connectivity index (χ2n) is 4.89. The molecule has 0 aliphatic rings. The first-order valence-corrected chi connectivity index (χ1v) is 6.39. The van der Waals surface area contributed by atoms with Crippen LogP contribution in [0.1, 0.15) is 23.0 Å². The molecular weight excluding hydrogens is 254 g/mol. The van der Waals surface area contributed by atoms with Crippen molar-refractivity contribution in [2.75, 3.05) is 7.05 Å². The van der Waals surface area contributed by atoms with Crippen molar-refractivity contribution in [3.63, 3.8) is 0 Å². The number of amides is 1. The van der Waals surface area contributed by atoms with E-state index >= 15 is 0 Å². The van der Waals surface area contributed by atoms with Gasteiger partial charge >= 0.3 is 0 Å². The Morgan fingerprint density at radius 2 is 2.25 bits per heavy atom. The summed E-state index contributed by atoms with van der Waals surface area (Å²) in [5.74, 6) is -0.152. The van der Waals surface area contributed by atoms with Crippen LogP contribution in [0, 0.1) is 6.92 Å². The molecule has 0 radical (unpaired) electrons. The molecule has 0 bridgehead atoms. The van der Waals surface area contributed by atoms with E-state index in [9.17, 15) is 4.79 Å². The van der Waals surface area contributed by atoms with Gasteiger partial charge in [0.1, 0.15) is 6.04 Å². The van der Waals surface area contributed by atoms with Gasteiger partial charge < -0.3 is 10.6 Å².